The number of hydrogen-bond acceptors (Lipinski definition) is 6. The van der Waals surface area contributed by atoms with Crippen molar-refractivity contribution in [2.75, 3.05) is 0 Å². The quantitative estimate of drug-likeness (QED) is 0.549. The molecular formula is C20H16N4OS2. The maximum atomic E-state index is 11.2. The Kier molecular flexibility index (Phi) is 4.87. The molecule has 0 aliphatic heterocycles. The molecule has 27 heavy (non-hydrogen) atoms. The number of aryl methyl sites for hydroxylation is 1. The van der Waals surface area contributed by atoms with Crippen molar-refractivity contribution in [2.24, 2.45) is 5.73 Å². The van der Waals surface area contributed by atoms with Crippen molar-refractivity contribution in [3.63, 3.8) is 0 Å². The Morgan fingerprint density at radius 1 is 1.04 bits per heavy atom. The summed E-state index contributed by atoms with van der Waals surface area (Å²) in [5.41, 5.74) is 8.04. The Labute approximate surface area is 164 Å². The van der Waals surface area contributed by atoms with Crippen molar-refractivity contribution in [2.45, 2.75) is 22.7 Å². The molecule has 2 aromatic heterocycles. The molecule has 0 saturated heterocycles. The van der Waals surface area contributed by atoms with E-state index in [-0.39, 0.29) is 12.3 Å². The first-order chi connectivity index (χ1) is 13.1. The van der Waals surface area contributed by atoms with Crippen LogP contribution in [0.3, 0.4) is 0 Å². The number of nitrogens with two attached hydrogens (primary N) is 1. The minimum Gasteiger partial charge on any atom is -0.369 e. The van der Waals surface area contributed by atoms with Crippen LogP contribution >= 0.6 is 23.1 Å². The molecule has 4 aromatic rings. The molecular weight excluding hydrogens is 376 g/mol. The van der Waals surface area contributed by atoms with Crippen molar-refractivity contribution >= 4 is 39.8 Å². The third kappa shape index (κ3) is 3.70. The van der Waals surface area contributed by atoms with Gasteiger partial charge in [0.2, 0.25) is 5.91 Å². The van der Waals surface area contributed by atoms with Gasteiger partial charge in [-0.05, 0) is 18.7 Å². The highest BCUT2D eigenvalue weighted by Gasteiger charge is 2.15. The summed E-state index contributed by atoms with van der Waals surface area (Å²) >= 11 is 2.94. The van der Waals surface area contributed by atoms with E-state index in [2.05, 4.69) is 21.2 Å². The SMILES string of the molecule is Cc1nc(Sc2nnc(-c3ccccc3)c3ccccc23)sc1CC(N)=O. The Morgan fingerprint density at radius 2 is 1.74 bits per heavy atom. The van der Waals surface area contributed by atoms with Gasteiger partial charge >= 0.3 is 0 Å². The number of aromatic nitrogens is 3. The number of amides is 1. The summed E-state index contributed by atoms with van der Waals surface area (Å²) in [6.07, 6.45) is 0.212. The number of benzene rings is 2. The molecule has 4 rings (SSSR count). The van der Waals surface area contributed by atoms with Crippen molar-refractivity contribution in [3.8, 4) is 11.3 Å². The highest BCUT2D eigenvalue weighted by atomic mass is 32.2. The Morgan fingerprint density at radius 3 is 2.48 bits per heavy atom. The standard InChI is InChI=1S/C20H16N4OS2/c1-12-16(11-17(21)25)26-20(22-12)27-19-15-10-6-5-9-14(15)18(23-24-19)13-7-3-2-4-8-13/h2-10H,11H2,1H3,(H2,21,25). The topological polar surface area (TPSA) is 81.8 Å². The third-order valence-corrected chi connectivity index (χ3v) is 6.31. The van der Waals surface area contributed by atoms with E-state index in [0.717, 1.165) is 42.0 Å². The Bertz CT molecular complexity index is 1130. The van der Waals surface area contributed by atoms with Crippen molar-refractivity contribution < 1.29 is 4.79 Å². The van der Waals surface area contributed by atoms with E-state index in [1.54, 1.807) is 0 Å². The zero-order valence-corrected chi connectivity index (χ0v) is 16.2. The van der Waals surface area contributed by atoms with E-state index in [1.807, 2.05) is 55.5 Å². The predicted octanol–water partition coefficient (Wildman–Crippen LogP) is 4.24. The van der Waals surface area contributed by atoms with Gasteiger partial charge in [0.05, 0.1) is 12.1 Å². The lowest BCUT2D eigenvalue weighted by molar-refractivity contribution is -0.117. The molecule has 2 aromatic carbocycles. The number of carbonyl (C=O) groups excluding carboxylic acids is 1. The summed E-state index contributed by atoms with van der Waals surface area (Å²) in [5.74, 6) is -0.351. The van der Waals surface area contributed by atoms with Crippen LogP contribution in [0, 0.1) is 6.92 Å². The summed E-state index contributed by atoms with van der Waals surface area (Å²) in [6, 6.07) is 18.1. The zero-order chi connectivity index (χ0) is 18.8. The fraction of sp³-hybridized carbons (Fsp3) is 0.100. The molecule has 0 saturated carbocycles. The summed E-state index contributed by atoms with van der Waals surface area (Å²) in [5, 5.41) is 11.8. The monoisotopic (exact) mass is 392 g/mol. The van der Waals surface area contributed by atoms with Gasteiger partial charge in [0, 0.05) is 21.2 Å². The molecule has 2 heterocycles. The first-order valence-electron chi connectivity index (χ1n) is 8.35. The van der Waals surface area contributed by atoms with Gasteiger partial charge in [-0.25, -0.2) is 4.98 Å². The van der Waals surface area contributed by atoms with Gasteiger partial charge in [-0.2, -0.15) is 0 Å². The number of carbonyl (C=O) groups is 1. The fourth-order valence-corrected chi connectivity index (χ4v) is 5.04. The second kappa shape index (κ2) is 7.46. The zero-order valence-electron chi connectivity index (χ0n) is 14.5. The van der Waals surface area contributed by atoms with Crippen LogP contribution in [0.5, 0.6) is 0 Å². The van der Waals surface area contributed by atoms with Gasteiger partial charge in [-0.3, -0.25) is 4.79 Å². The number of thiazole rings is 1. The summed E-state index contributed by atoms with van der Waals surface area (Å²) in [6.45, 7) is 1.89. The van der Waals surface area contributed by atoms with Crippen LogP contribution in [-0.4, -0.2) is 21.1 Å². The highest BCUT2D eigenvalue weighted by Crippen LogP contribution is 2.37. The molecule has 0 aliphatic carbocycles. The maximum Gasteiger partial charge on any atom is 0.222 e. The number of nitrogens with zero attached hydrogens (tertiary/aromatic N) is 3. The smallest absolute Gasteiger partial charge is 0.222 e. The van der Waals surface area contributed by atoms with E-state index in [4.69, 9.17) is 5.73 Å². The first kappa shape index (κ1) is 17.6. The lowest BCUT2D eigenvalue weighted by atomic mass is 10.1. The van der Waals surface area contributed by atoms with E-state index < -0.39 is 0 Å². The molecule has 0 bridgehead atoms. The van der Waals surface area contributed by atoms with Crippen molar-refractivity contribution in [1.82, 2.24) is 15.2 Å². The van der Waals surface area contributed by atoms with Crippen LogP contribution in [-0.2, 0) is 11.2 Å². The van der Waals surface area contributed by atoms with Crippen molar-refractivity contribution in [1.29, 1.82) is 0 Å². The van der Waals surface area contributed by atoms with Crippen LogP contribution in [0.15, 0.2) is 64.0 Å². The second-order valence-electron chi connectivity index (χ2n) is 6.00. The lowest BCUT2D eigenvalue weighted by Crippen LogP contribution is -2.13. The molecule has 0 atom stereocenters. The van der Waals surface area contributed by atoms with Gasteiger partial charge in [0.15, 0.2) is 4.34 Å². The van der Waals surface area contributed by atoms with Crippen molar-refractivity contribution in [3.05, 3.63) is 65.2 Å². The van der Waals surface area contributed by atoms with E-state index in [0.29, 0.717) is 0 Å². The van der Waals surface area contributed by atoms with E-state index in [1.165, 1.54) is 23.1 Å². The van der Waals surface area contributed by atoms with Crippen LogP contribution in [0.25, 0.3) is 22.0 Å². The summed E-state index contributed by atoms with van der Waals surface area (Å²) in [7, 11) is 0. The molecule has 1 amide bonds. The maximum absolute atomic E-state index is 11.2. The fourth-order valence-electron chi connectivity index (χ4n) is 2.81. The molecule has 2 N–H and O–H groups in total. The Hall–Kier alpha value is -2.77. The highest BCUT2D eigenvalue weighted by molar-refractivity contribution is 8.01. The second-order valence-corrected chi connectivity index (χ2v) is 8.32. The molecule has 0 radical (unpaired) electrons. The predicted molar refractivity (Wildman–Crippen MR) is 109 cm³/mol. The molecule has 0 fully saturated rings. The Balaban J connectivity index is 1.75. The molecule has 0 unspecified atom stereocenters. The minimum absolute atomic E-state index is 0.212. The molecule has 134 valence electrons. The van der Waals surface area contributed by atoms with Gasteiger partial charge in [-0.1, -0.05) is 54.6 Å². The molecule has 7 heteroatoms. The van der Waals surface area contributed by atoms with Gasteiger partial charge in [0.1, 0.15) is 10.7 Å². The molecule has 5 nitrogen and oxygen atoms in total. The summed E-state index contributed by atoms with van der Waals surface area (Å²) in [4.78, 5) is 16.7. The number of hydrogen-bond donors (Lipinski definition) is 1. The average molecular weight is 393 g/mol. The van der Waals surface area contributed by atoms with Crippen LogP contribution in [0.2, 0.25) is 0 Å². The largest absolute Gasteiger partial charge is 0.369 e. The normalized spacial score (nSPS) is 11.0. The van der Waals surface area contributed by atoms with Gasteiger partial charge in [0.25, 0.3) is 0 Å². The average Bonchev–Trinajstić information content (AvgIpc) is 3.01. The van der Waals surface area contributed by atoms with E-state index in [9.17, 15) is 4.79 Å². The van der Waals surface area contributed by atoms with Gasteiger partial charge in [-0.15, -0.1) is 21.5 Å². The van der Waals surface area contributed by atoms with Gasteiger partial charge < -0.3 is 5.73 Å². The lowest BCUT2D eigenvalue weighted by Gasteiger charge is -2.08. The van der Waals surface area contributed by atoms with Crippen LogP contribution < -0.4 is 5.73 Å². The summed E-state index contributed by atoms with van der Waals surface area (Å²) < 4.78 is 0.829. The number of rotatable bonds is 5. The molecule has 0 aliphatic rings. The van der Waals surface area contributed by atoms with E-state index >= 15 is 0 Å². The number of fused-ring (bicyclic) bond motifs is 1. The molecule has 0 spiro atoms. The van der Waals surface area contributed by atoms with Crippen LogP contribution in [0.4, 0.5) is 0 Å². The third-order valence-electron chi connectivity index (χ3n) is 4.09. The minimum atomic E-state index is -0.351. The number of primary amides is 1. The van der Waals surface area contributed by atoms with Crippen LogP contribution in [0.1, 0.15) is 10.6 Å². The first-order valence-corrected chi connectivity index (χ1v) is 9.98.